The second-order valence-electron chi connectivity index (χ2n) is 3.67. The fourth-order valence-electron chi connectivity index (χ4n) is 1.97. The van der Waals surface area contributed by atoms with E-state index in [1.54, 1.807) is 12.1 Å². The molecule has 1 aromatic rings. The maximum absolute atomic E-state index is 11.0. The van der Waals surface area contributed by atoms with E-state index in [9.17, 15) is 9.90 Å². The second kappa shape index (κ2) is 3.81. The Kier molecular flexibility index (Phi) is 2.49. The van der Waals surface area contributed by atoms with Gasteiger partial charge in [0, 0.05) is 13.1 Å². The Morgan fingerprint density at radius 2 is 1.93 bits per heavy atom. The Hall–Kier alpha value is -1.71. The van der Waals surface area contributed by atoms with E-state index in [2.05, 4.69) is 0 Å². The van der Waals surface area contributed by atoms with Gasteiger partial charge in [-0.05, 0) is 25.0 Å². The van der Waals surface area contributed by atoms with E-state index in [0.717, 1.165) is 25.9 Å². The van der Waals surface area contributed by atoms with Gasteiger partial charge in [0.25, 0.3) is 0 Å². The number of carboxylic acids is 1. The van der Waals surface area contributed by atoms with E-state index in [-0.39, 0.29) is 11.3 Å². The molecule has 2 rings (SSSR count). The van der Waals surface area contributed by atoms with Crippen LogP contribution in [0.2, 0.25) is 0 Å². The number of nitrogens with zero attached hydrogens (tertiary/aromatic N) is 1. The first-order valence-corrected chi connectivity index (χ1v) is 5.00. The van der Waals surface area contributed by atoms with Crippen molar-refractivity contribution in [1.82, 2.24) is 0 Å². The van der Waals surface area contributed by atoms with Crippen LogP contribution in [0, 0.1) is 0 Å². The normalized spacial score (nSPS) is 15.6. The molecule has 1 aliphatic rings. The van der Waals surface area contributed by atoms with E-state index in [1.807, 2.05) is 4.90 Å². The van der Waals surface area contributed by atoms with Crippen molar-refractivity contribution in [2.24, 2.45) is 0 Å². The molecule has 0 amide bonds. The van der Waals surface area contributed by atoms with Crippen molar-refractivity contribution in [1.29, 1.82) is 0 Å². The minimum atomic E-state index is -1.07. The molecule has 0 bridgehead atoms. The van der Waals surface area contributed by atoms with Crippen LogP contribution in [0.1, 0.15) is 23.2 Å². The largest absolute Gasteiger partial charge is 0.507 e. The molecule has 0 unspecified atom stereocenters. The second-order valence-corrected chi connectivity index (χ2v) is 3.67. The Bertz CT molecular complexity index is 383. The highest BCUT2D eigenvalue weighted by Gasteiger charge is 2.21. The zero-order valence-electron chi connectivity index (χ0n) is 8.31. The Morgan fingerprint density at radius 1 is 1.27 bits per heavy atom. The van der Waals surface area contributed by atoms with Gasteiger partial charge in [0.15, 0.2) is 0 Å². The molecule has 4 nitrogen and oxygen atoms in total. The van der Waals surface area contributed by atoms with Crippen molar-refractivity contribution in [3.05, 3.63) is 23.8 Å². The van der Waals surface area contributed by atoms with Crippen molar-refractivity contribution in [3.63, 3.8) is 0 Å². The molecule has 0 aliphatic carbocycles. The van der Waals surface area contributed by atoms with Crippen LogP contribution in [-0.2, 0) is 0 Å². The third-order valence-electron chi connectivity index (χ3n) is 2.68. The number of phenols is 1. The summed E-state index contributed by atoms with van der Waals surface area (Å²) in [4.78, 5) is 13.0. The van der Waals surface area contributed by atoms with Crippen LogP contribution < -0.4 is 4.90 Å². The molecule has 1 saturated heterocycles. The van der Waals surface area contributed by atoms with Crippen LogP contribution in [-0.4, -0.2) is 29.3 Å². The van der Waals surface area contributed by atoms with Crippen LogP contribution in [0.3, 0.4) is 0 Å². The van der Waals surface area contributed by atoms with Crippen molar-refractivity contribution < 1.29 is 15.0 Å². The van der Waals surface area contributed by atoms with Crippen molar-refractivity contribution in [2.75, 3.05) is 18.0 Å². The number of carboxylic acid groups (broad SMARTS) is 1. The molecule has 0 saturated carbocycles. The highest BCUT2D eigenvalue weighted by molar-refractivity contribution is 5.97. The van der Waals surface area contributed by atoms with Crippen LogP contribution in [0.25, 0.3) is 0 Å². The third kappa shape index (κ3) is 1.75. The molecule has 1 aliphatic heterocycles. The van der Waals surface area contributed by atoms with Gasteiger partial charge in [0.05, 0.1) is 5.69 Å². The maximum atomic E-state index is 11.0. The van der Waals surface area contributed by atoms with Gasteiger partial charge in [0.1, 0.15) is 11.3 Å². The molecule has 0 radical (unpaired) electrons. The first-order valence-electron chi connectivity index (χ1n) is 5.00. The SMILES string of the molecule is O=C(O)c1c(O)cccc1N1CCCC1. The van der Waals surface area contributed by atoms with Gasteiger partial charge in [-0.3, -0.25) is 0 Å². The highest BCUT2D eigenvalue weighted by Crippen LogP contribution is 2.30. The van der Waals surface area contributed by atoms with E-state index < -0.39 is 5.97 Å². The summed E-state index contributed by atoms with van der Waals surface area (Å²) >= 11 is 0. The number of rotatable bonds is 2. The number of hydrogen-bond acceptors (Lipinski definition) is 3. The average molecular weight is 207 g/mol. The van der Waals surface area contributed by atoms with Gasteiger partial charge in [0.2, 0.25) is 0 Å². The zero-order valence-corrected chi connectivity index (χ0v) is 8.31. The van der Waals surface area contributed by atoms with Crippen molar-refractivity contribution in [3.8, 4) is 5.75 Å². The molecular weight excluding hydrogens is 194 g/mol. The van der Waals surface area contributed by atoms with E-state index in [1.165, 1.54) is 6.07 Å². The molecule has 1 heterocycles. The average Bonchev–Trinajstić information content (AvgIpc) is 2.69. The quantitative estimate of drug-likeness (QED) is 0.774. The lowest BCUT2D eigenvalue weighted by molar-refractivity contribution is 0.0694. The monoisotopic (exact) mass is 207 g/mol. The van der Waals surface area contributed by atoms with Crippen LogP contribution in [0.5, 0.6) is 5.75 Å². The molecule has 80 valence electrons. The zero-order chi connectivity index (χ0) is 10.8. The highest BCUT2D eigenvalue weighted by atomic mass is 16.4. The minimum Gasteiger partial charge on any atom is -0.507 e. The molecule has 2 N–H and O–H groups in total. The van der Waals surface area contributed by atoms with E-state index >= 15 is 0 Å². The number of carbonyl (C=O) groups is 1. The first kappa shape index (κ1) is 9.83. The predicted molar refractivity (Wildman–Crippen MR) is 56.5 cm³/mol. The number of aromatic hydroxyl groups is 1. The fraction of sp³-hybridized carbons (Fsp3) is 0.364. The van der Waals surface area contributed by atoms with Crippen molar-refractivity contribution in [2.45, 2.75) is 12.8 Å². The number of benzene rings is 1. The van der Waals surface area contributed by atoms with Gasteiger partial charge in [-0.15, -0.1) is 0 Å². The topological polar surface area (TPSA) is 60.8 Å². The molecule has 1 fully saturated rings. The third-order valence-corrected chi connectivity index (χ3v) is 2.68. The summed E-state index contributed by atoms with van der Waals surface area (Å²) in [5, 5.41) is 18.5. The fourth-order valence-corrected chi connectivity index (χ4v) is 1.97. The van der Waals surface area contributed by atoms with Crippen LogP contribution in [0.15, 0.2) is 18.2 Å². The lowest BCUT2D eigenvalue weighted by Gasteiger charge is -2.20. The molecule has 4 heteroatoms. The van der Waals surface area contributed by atoms with E-state index in [0.29, 0.717) is 5.69 Å². The number of anilines is 1. The van der Waals surface area contributed by atoms with E-state index in [4.69, 9.17) is 5.11 Å². The van der Waals surface area contributed by atoms with Crippen LogP contribution in [0.4, 0.5) is 5.69 Å². The number of aromatic carboxylic acids is 1. The van der Waals surface area contributed by atoms with Gasteiger partial charge < -0.3 is 15.1 Å². The molecule has 0 atom stereocenters. The minimum absolute atomic E-state index is 0.0133. The Balaban J connectivity index is 2.45. The lowest BCUT2D eigenvalue weighted by atomic mass is 10.1. The summed E-state index contributed by atoms with van der Waals surface area (Å²) in [6.45, 7) is 1.73. The summed E-state index contributed by atoms with van der Waals surface area (Å²) in [7, 11) is 0. The molecular formula is C11H13NO3. The van der Waals surface area contributed by atoms with Crippen molar-refractivity contribution >= 4 is 11.7 Å². The first-order chi connectivity index (χ1) is 7.20. The molecule has 1 aromatic carbocycles. The maximum Gasteiger partial charge on any atom is 0.341 e. The summed E-state index contributed by atoms with van der Waals surface area (Å²) in [5.41, 5.74) is 0.638. The summed E-state index contributed by atoms with van der Waals surface area (Å²) in [6.07, 6.45) is 2.16. The molecule has 0 spiro atoms. The number of hydrogen-bond donors (Lipinski definition) is 2. The summed E-state index contributed by atoms with van der Waals surface area (Å²) in [6, 6.07) is 4.83. The van der Waals surface area contributed by atoms with Gasteiger partial charge in [-0.1, -0.05) is 6.07 Å². The predicted octanol–water partition coefficient (Wildman–Crippen LogP) is 1.69. The van der Waals surface area contributed by atoms with Gasteiger partial charge in [-0.2, -0.15) is 0 Å². The Morgan fingerprint density at radius 3 is 2.53 bits per heavy atom. The van der Waals surface area contributed by atoms with Gasteiger partial charge >= 0.3 is 5.97 Å². The molecule has 15 heavy (non-hydrogen) atoms. The van der Waals surface area contributed by atoms with Gasteiger partial charge in [-0.25, -0.2) is 4.79 Å². The summed E-state index contributed by atoms with van der Waals surface area (Å²) in [5.74, 6) is -1.23. The van der Waals surface area contributed by atoms with Crippen LogP contribution >= 0.6 is 0 Å². The molecule has 0 aromatic heterocycles. The smallest absolute Gasteiger partial charge is 0.341 e. The lowest BCUT2D eigenvalue weighted by Crippen LogP contribution is -2.20. The standard InChI is InChI=1S/C11H13NO3/c13-9-5-3-4-8(10(9)11(14)15)12-6-1-2-7-12/h3-5,13H,1-2,6-7H2,(H,14,15). The summed E-state index contributed by atoms with van der Waals surface area (Å²) < 4.78 is 0. The Labute approximate surface area is 87.8 Å².